The van der Waals surface area contributed by atoms with Crippen LogP contribution < -0.4 is 4.90 Å². The number of anilines is 1. The van der Waals surface area contributed by atoms with Crippen LogP contribution in [0.4, 0.5) is 10.5 Å². The molecule has 1 aromatic carbocycles. The first-order valence-corrected chi connectivity index (χ1v) is 9.98. The number of para-hydroxylation sites is 1. The number of carbonyl (C=O) groups excluding carboxylic acids is 1. The molecule has 3 aliphatic rings. The van der Waals surface area contributed by atoms with Crippen molar-refractivity contribution >= 4 is 28.6 Å². The van der Waals surface area contributed by atoms with Crippen LogP contribution in [0.1, 0.15) is 39.5 Å². The SMILES string of the molecule is CC(C)N1C(=O)N(c2ccccc2)CSC1=N[C@@H]1C[C@@H]2CC[C@H]1C2. The van der Waals surface area contributed by atoms with Gasteiger partial charge in [-0.15, -0.1) is 0 Å². The Kier molecular flexibility index (Phi) is 4.29. The molecule has 0 spiro atoms. The van der Waals surface area contributed by atoms with Crippen molar-refractivity contribution in [2.45, 2.75) is 51.6 Å². The molecule has 3 fully saturated rings. The van der Waals surface area contributed by atoms with Crippen molar-refractivity contribution in [1.29, 1.82) is 0 Å². The zero-order valence-electron chi connectivity index (χ0n) is 14.4. The average molecular weight is 343 g/mol. The normalized spacial score (nSPS) is 31.5. The molecule has 4 nitrogen and oxygen atoms in total. The zero-order chi connectivity index (χ0) is 16.7. The smallest absolute Gasteiger partial charge is 0.284 e. The third-order valence-corrected chi connectivity index (χ3v) is 6.47. The Balaban J connectivity index is 1.58. The lowest BCUT2D eigenvalue weighted by Crippen LogP contribution is -2.53. The Labute approximate surface area is 148 Å². The second kappa shape index (κ2) is 6.43. The van der Waals surface area contributed by atoms with Crippen LogP contribution in [0.25, 0.3) is 0 Å². The highest BCUT2D eigenvalue weighted by atomic mass is 32.2. The van der Waals surface area contributed by atoms with E-state index in [1.165, 1.54) is 25.7 Å². The standard InChI is InChI=1S/C19H25N3OS/c1-13(2)22-18(20-17-11-14-8-9-15(17)10-14)24-12-21(19(22)23)16-6-4-3-5-7-16/h3-7,13-15,17H,8-12H2,1-2H3/t14-,15+,17-/m1/s1. The van der Waals surface area contributed by atoms with Crippen molar-refractivity contribution in [1.82, 2.24) is 4.90 Å². The predicted molar refractivity (Wildman–Crippen MR) is 100 cm³/mol. The van der Waals surface area contributed by atoms with Crippen molar-refractivity contribution in [2.24, 2.45) is 16.8 Å². The van der Waals surface area contributed by atoms with Gasteiger partial charge in [0, 0.05) is 11.7 Å². The molecule has 5 heteroatoms. The minimum Gasteiger partial charge on any atom is -0.284 e. The summed E-state index contributed by atoms with van der Waals surface area (Å²) in [5.41, 5.74) is 0.958. The van der Waals surface area contributed by atoms with Gasteiger partial charge in [-0.1, -0.05) is 36.4 Å². The predicted octanol–water partition coefficient (Wildman–Crippen LogP) is 4.57. The van der Waals surface area contributed by atoms with Gasteiger partial charge >= 0.3 is 6.03 Å². The molecular formula is C19H25N3OS. The summed E-state index contributed by atoms with van der Waals surface area (Å²) in [7, 11) is 0. The van der Waals surface area contributed by atoms with Crippen LogP contribution in [-0.4, -0.2) is 34.1 Å². The molecule has 2 amide bonds. The van der Waals surface area contributed by atoms with E-state index in [-0.39, 0.29) is 12.1 Å². The molecule has 1 heterocycles. The number of urea groups is 1. The summed E-state index contributed by atoms with van der Waals surface area (Å²) < 4.78 is 0. The Hall–Kier alpha value is -1.49. The molecule has 1 aliphatic heterocycles. The molecule has 4 rings (SSSR count). The number of amidine groups is 1. The fourth-order valence-corrected chi connectivity index (χ4v) is 5.45. The van der Waals surface area contributed by atoms with E-state index in [4.69, 9.17) is 4.99 Å². The topological polar surface area (TPSA) is 35.9 Å². The van der Waals surface area contributed by atoms with Crippen molar-refractivity contribution < 1.29 is 4.79 Å². The number of aliphatic imine (C=N–C) groups is 1. The van der Waals surface area contributed by atoms with Crippen LogP contribution in [0.2, 0.25) is 0 Å². The third-order valence-electron chi connectivity index (χ3n) is 5.53. The van der Waals surface area contributed by atoms with E-state index >= 15 is 0 Å². The summed E-state index contributed by atoms with van der Waals surface area (Å²) in [6, 6.07) is 10.5. The number of amides is 2. The number of carbonyl (C=O) groups is 1. The molecule has 2 aliphatic carbocycles. The molecule has 3 atom stereocenters. The van der Waals surface area contributed by atoms with E-state index < -0.39 is 0 Å². The third kappa shape index (κ3) is 2.83. The summed E-state index contributed by atoms with van der Waals surface area (Å²) in [4.78, 5) is 21.9. The molecule has 0 unspecified atom stereocenters. The van der Waals surface area contributed by atoms with Crippen LogP contribution in [0, 0.1) is 11.8 Å². The summed E-state index contributed by atoms with van der Waals surface area (Å²) >= 11 is 1.70. The van der Waals surface area contributed by atoms with Gasteiger partial charge in [0.25, 0.3) is 0 Å². The van der Waals surface area contributed by atoms with Gasteiger partial charge in [0.1, 0.15) is 0 Å². The van der Waals surface area contributed by atoms with Gasteiger partial charge in [-0.25, -0.2) is 4.79 Å². The van der Waals surface area contributed by atoms with Gasteiger partial charge in [0.15, 0.2) is 5.17 Å². The maximum atomic E-state index is 13.1. The summed E-state index contributed by atoms with van der Waals surface area (Å²) in [6.07, 6.45) is 5.27. The van der Waals surface area contributed by atoms with Crippen LogP contribution in [0.5, 0.6) is 0 Å². The van der Waals surface area contributed by atoms with Crippen molar-refractivity contribution in [3.63, 3.8) is 0 Å². The Morgan fingerprint density at radius 2 is 1.96 bits per heavy atom. The number of rotatable bonds is 3. The van der Waals surface area contributed by atoms with Crippen molar-refractivity contribution in [3.05, 3.63) is 30.3 Å². The minimum absolute atomic E-state index is 0.0526. The lowest BCUT2D eigenvalue weighted by atomic mass is 9.96. The van der Waals surface area contributed by atoms with Gasteiger partial charge in [0.05, 0.1) is 11.9 Å². The number of nitrogens with zero attached hydrogens (tertiary/aromatic N) is 3. The first-order chi connectivity index (χ1) is 11.6. The van der Waals surface area contributed by atoms with Crippen LogP contribution in [0.3, 0.4) is 0 Å². The number of thioether (sulfide) groups is 1. The first-order valence-electron chi connectivity index (χ1n) is 9.00. The van der Waals surface area contributed by atoms with Gasteiger partial charge in [-0.2, -0.15) is 0 Å². The highest BCUT2D eigenvalue weighted by molar-refractivity contribution is 8.14. The fourth-order valence-electron chi connectivity index (χ4n) is 4.30. The molecule has 0 radical (unpaired) electrons. The average Bonchev–Trinajstić information content (AvgIpc) is 3.18. The lowest BCUT2D eigenvalue weighted by Gasteiger charge is -2.38. The molecule has 24 heavy (non-hydrogen) atoms. The Morgan fingerprint density at radius 1 is 1.17 bits per heavy atom. The van der Waals surface area contributed by atoms with Crippen LogP contribution >= 0.6 is 11.8 Å². The number of benzene rings is 1. The maximum absolute atomic E-state index is 13.1. The van der Waals surface area contributed by atoms with Gasteiger partial charge < -0.3 is 0 Å². The van der Waals surface area contributed by atoms with Crippen molar-refractivity contribution in [3.8, 4) is 0 Å². The number of fused-ring (bicyclic) bond motifs is 2. The van der Waals surface area contributed by atoms with Crippen LogP contribution in [-0.2, 0) is 0 Å². The first kappa shape index (κ1) is 16.0. The maximum Gasteiger partial charge on any atom is 0.331 e. The van der Waals surface area contributed by atoms with Gasteiger partial charge in [0.2, 0.25) is 0 Å². The van der Waals surface area contributed by atoms with Crippen molar-refractivity contribution in [2.75, 3.05) is 10.8 Å². The second-order valence-electron chi connectivity index (χ2n) is 7.44. The van der Waals surface area contributed by atoms with E-state index in [9.17, 15) is 4.79 Å². The highest BCUT2D eigenvalue weighted by Crippen LogP contribution is 2.46. The van der Waals surface area contributed by atoms with Gasteiger partial charge in [-0.05, 0) is 57.1 Å². The molecule has 0 aromatic heterocycles. The molecule has 2 bridgehead atoms. The Bertz CT molecular complexity index is 645. The Morgan fingerprint density at radius 3 is 2.58 bits per heavy atom. The molecule has 1 saturated heterocycles. The monoisotopic (exact) mass is 343 g/mol. The quantitative estimate of drug-likeness (QED) is 0.806. The minimum atomic E-state index is 0.0526. The summed E-state index contributed by atoms with van der Waals surface area (Å²) in [6.45, 7) is 4.15. The largest absolute Gasteiger partial charge is 0.331 e. The molecular weight excluding hydrogens is 318 g/mol. The fraction of sp³-hybridized carbons (Fsp3) is 0.579. The number of hydrogen-bond acceptors (Lipinski definition) is 3. The van der Waals surface area contributed by atoms with E-state index in [1.807, 2.05) is 40.1 Å². The highest BCUT2D eigenvalue weighted by Gasteiger charge is 2.41. The summed E-state index contributed by atoms with van der Waals surface area (Å²) in [5, 5.41) is 0.930. The van der Waals surface area contributed by atoms with Gasteiger partial charge in [-0.3, -0.25) is 14.8 Å². The van der Waals surface area contributed by atoms with E-state index in [0.29, 0.717) is 11.9 Å². The summed E-state index contributed by atoms with van der Waals surface area (Å²) in [5.74, 6) is 2.27. The van der Waals surface area contributed by atoms with Crippen LogP contribution in [0.15, 0.2) is 35.3 Å². The second-order valence-corrected chi connectivity index (χ2v) is 8.35. The molecule has 2 saturated carbocycles. The molecule has 128 valence electrons. The zero-order valence-corrected chi connectivity index (χ0v) is 15.2. The molecule has 1 aromatic rings. The van der Waals surface area contributed by atoms with E-state index in [0.717, 1.165) is 22.7 Å². The molecule has 0 N–H and O–H groups in total. The van der Waals surface area contributed by atoms with E-state index in [1.54, 1.807) is 11.8 Å². The number of hydrogen-bond donors (Lipinski definition) is 0. The van der Waals surface area contributed by atoms with E-state index in [2.05, 4.69) is 13.8 Å². The lowest BCUT2D eigenvalue weighted by molar-refractivity contribution is 0.220.